The van der Waals surface area contributed by atoms with Crippen LogP contribution in [-0.4, -0.2) is 22.1 Å². The summed E-state index contributed by atoms with van der Waals surface area (Å²) in [7, 11) is 0. The van der Waals surface area contributed by atoms with E-state index in [-0.39, 0.29) is 47.7 Å². The number of anilines is 1. The van der Waals surface area contributed by atoms with Crippen LogP contribution >= 0.6 is 0 Å². The molecule has 0 unspecified atom stereocenters. The Bertz CT molecular complexity index is 1400. The second kappa shape index (κ2) is 10.4. The van der Waals surface area contributed by atoms with Crippen molar-refractivity contribution < 1.29 is 48.6 Å². The van der Waals surface area contributed by atoms with Gasteiger partial charge in [0.1, 0.15) is 17.4 Å². The van der Waals surface area contributed by atoms with Crippen molar-refractivity contribution in [3.05, 3.63) is 82.9 Å². The number of fused-ring (bicyclic) bond motifs is 2. The molecule has 1 atom stereocenters. The average molecular weight is 482 g/mol. The number of carbonyl (C=O) groups excluding carboxylic acids is 1. The van der Waals surface area contributed by atoms with Gasteiger partial charge in [0.15, 0.2) is 0 Å². The molecule has 4 aromatic rings. The van der Waals surface area contributed by atoms with E-state index in [9.17, 15) is 14.3 Å². The largest absolute Gasteiger partial charge is 1.00 e. The van der Waals surface area contributed by atoms with E-state index in [4.69, 9.17) is 9.72 Å². The molecule has 8 heteroatoms. The molecule has 0 saturated heterocycles. The van der Waals surface area contributed by atoms with Crippen LogP contribution in [0.25, 0.3) is 16.7 Å². The van der Waals surface area contributed by atoms with Crippen molar-refractivity contribution in [1.82, 2.24) is 9.55 Å². The van der Waals surface area contributed by atoms with Gasteiger partial charge in [0.05, 0.1) is 23.3 Å². The van der Waals surface area contributed by atoms with E-state index in [2.05, 4.69) is 18.3 Å². The summed E-state index contributed by atoms with van der Waals surface area (Å²) >= 11 is 0. The van der Waals surface area contributed by atoms with E-state index < -0.39 is 5.97 Å². The van der Waals surface area contributed by atoms with Gasteiger partial charge in [-0.1, -0.05) is 25.1 Å². The fourth-order valence-corrected chi connectivity index (χ4v) is 4.66. The molecule has 0 bridgehead atoms. The van der Waals surface area contributed by atoms with Crippen LogP contribution in [0.15, 0.2) is 54.6 Å². The molecule has 174 valence electrons. The number of hydrogen-bond donors (Lipinski definition) is 1. The Balaban J connectivity index is 0.00000289. The van der Waals surface area contributed by atoms with Gasteiger partial charge in [0.2, 0.25) is 0 Å². The Kier molecular flexibility index (Phi) is 7.50. The van der Waals surface area contributed by atoms with Gasteiger partial charge in [-0.25, -0.2) is 9.37 Å². The second-order valence-corrected chi connectivity index (χ2v) is 8.60. The summed E-state index contributed by atoms with van der Waals surface area (Å²) in [4.78, 5) is 15.7. The van der Waals surface area contributed by atoms with E-state index in [0.717, 1.165) is 51.3 Å². The number of ether oxygens (including phenoxy) is 1. The summed E-state index contributed by atoms with van der Waals surface area (Å²) < 4.78 is 21.8. The number of nitrogens with one attached hydrogen (secondary N) is 1. The molecule has 5 rings (SSSR count). The van der Waals surface area contributed by atoms with Gasteiger partial charge >= 0.3 is 29.6 Å². The number of benzene rings is 3. The number of rotatable bonds is 7. The van der Waals surface area contributed by atoms with Crippen molar-refractivity contribution >= 4 is 22.7 Å². The molecule has 0 saturated carbocycles. The van der Waals surface area contributed by atoms with Crippen LogP contribution in [0.1, 0.15) is 41.8 Å². The molecule has 6 nitrogen and oxygen atoms in total. The van der Waals surface area contributed by atoms with Gasteiger partial charge in [-0.2, -0.15) is 0 Å². The molecule has 2 heterocycles. The Labute approximate surface area is 225 Å². The molecule has 35 heavy (non-hydrogen) atoms. The number of hydrogen-bond acceptors (Lipinski definition) is 5. The van der Waals surface area contributed by atoms with Crippen LogP contribution in [0.2, 0.25) is 0 Å². The first-order chi connectivity index (χ1) is 16.4. The Morgan fingerprint density at radius 3 is 2.83 bits per heavy atom. The normalized spacial score (nSPS) is 14.3. The first-order valence-electron chi connectivity index (χ1n) is 11.4. The molecule has 1 aliphatic heterocycles. The third-order valence-corrected chi connectivity index (χ3v) is 6.45. The molecule has 1 aliphatic rings. The van der Waals surface area contributed by atoms with Crippen molar-refractivity contribution in [3.63, 3.8) is 0 Å². The standard InChI is InChI=1S/C27H26FN3O3.Na/c1-3-26-30-22-10-7-19(28)12-24(22)31(26)23-6-4-5-17(16(23)2)14-29-20-8-9-21-18(11-27(32)33)15-34-25(21)13-20;/h4-10,12-13,18,29H,3,11,14-15H2,1-2H3,(H,32,33);/q;+1/p-1/t18-;/m1./s1. The van der Waals surface area contributed by atoms with E-state index in [1.807, 2.05) is 41.8 Å². The number of imidazole rings is 1. The van der Waals surface area contributed by atoms with Crippen molar-refractivity contribution in [2.24, 2.45) is 0 Å². The molecule has 0 aliphatic carbocycles. The average Bonchev–Trinajstić information content (AvgIpc) is 3.38. The molecule has 1 N–H and O–H groups in total. The van der Waals surface area contributed by atoms with Crippen LogP contribution in [0, 0.1) is 12.7 Å². The quantitative estimate of drug-likeness (QED) is 0.402. The number of carboxylic acids is 1. The van der Waals surface area contributed by atoms with Crippen LogP contribution < -0.4 is 44.7 Å². The topological polar surface area (TPSA) is 79.2 Å². The minimum atomic E-state index is -1.07. The van der Waals surface area contributed by atoms with Crippen LogP contribution in [-0.2, 0) is 17.8 Å². The Morgan fingerprint density at radius 2 is 2.06 bits per heavy atom. The third kappa shape index (κ3) is 4.94. The molecular formula is C27H25FN3NaO3. The summed E-state index contributed by atoms with van der Waals surface area (Å²) in [6.45, 7) is 5.05. The number of carbonyl (C=O) groups is 1. The zero-order valence-corrected chi connectivity index (χ0v) is 22.1. The van der Waals surface area contributed by atoms with Crippen LogP contribution in [0.3, 0.4) is 0 Å². The summed E-state index contributed by atoms with van der Waals surface area (Å²) in [5.74, 6) is 0.0682. The predicted octanol–water partition coefficient (Wildman–Crippen LogP) is 1.27. The molecule has 0 spiro atoms. The second-order valence-electron chi connectivity index (χ2n) is 8.60. The number of carboxylic acid groups (broad SMARTS) is 1. The summed E-state index contributed by atoms with van der Waals surface area (Å²) in [6.07, 6.45) is 0.685. The zero-order chi connectivity index (χ0) is 23.8. The van der Waals surface area contributed by atoms with Crippen molar-refractivity contribution in [2.45, 2.75) is 39.2 Å². The van der Waals surface area contributed by atoms with E-state index >= 15 is 0 Å². The fourth-order valence-electron chi connectivity index (χ4n) is 4.66. The molecule has 0 fully saturated rings. The first kappa shape index (κ1) is 25.2. The van der Waals surface area contributed by atoms with Gasteiger partial charge in [-0.3, -0.25) is 4.57 Å². The number of nitrogens with zero attached hydrogens (tertiary/aromatic N) is 2. The van der Waals surface area contributed by atoms with Gasteiger partial charge in [-0.05, 0) is 48.7 Å². The molecular weight excluding hydrogens is 456 g/mol. The van der Waals surface area contributed by atoms with E-state index in [1.54, 1.807) is 6.07 Å². The van der Waals surface area contributed by atoms with Gasteiger partial charge in [0.25, 0.3) is 0 Å². The monoisotopic (exact) mass is 481 g/mol. The maximum absolute atomic E-state index is 14.0. The minimum absolute atomic E-state index is 0. The van der Waals surface area contributed by atoms with Gasteiger partial charge < -0.3 is 20.0 Å². The predicted molar refractivity (Wildman–Crippen MR) is 127 cm³/mol. The van der Waals surface area contributed by atoms with Gasteiger partial charge in [-0.15, -0.1) is 0 Å². The minimum Gasteiger partial charge on any atom is -0.550 e. The molecule has 0 amide bonds. The Morgan fingerprint density at radius 1 is 1.23 bits per heavy atom. The Hall–Kier alpha value is -2.87. The third-order valence-electron chi connectivity index (χ3n) is 6.45. The van der Waals surface area contributed by atoms with Crippen LogP contribution in [0.5, 0.6) is 5.75 Å². The van der Waals surface area contributed by atoms with E-state index in [0.29, 0.717) is 18.9 Å². The smallest absolute Gasteiger partial charge is 0.550 e. The first-order valence-corrected chi connectivity index (χ1v) is 11.4. The summed E-state index contributed by atoms with van der Waals surface area (Å²) in [5, 5.41) is 14.4. The number of aliphatic carboxylic acids is 1. The maximum Gasteiger partial charge on any atom is 1.00 e. The zero-order valence-electron chi connectivity index (χ0n) is 20.1. The molecule has 0 radical (unpaired) electrons. The number of aryl methyl sites for hydroxylation is 1. The van der Waals surface area contributed by atoms with Crippen LogP contribution in [0.4, 0.5) is 10.1 Å². The summed E-state index contributed by atoms with van der Waals surface area (Å²) in [6, 6.07) is 16.6. The SMILES string of the molecule is CCc1nc2ccc(F)cc2n1-c1cccc(CNc2ccc3c(c2)OC[C@H]3CC(=O)[O-])c1C.[Na+]. The van der Waals surface area contributed by atoms with Crippen molar-refractivity contribution in [3.8, 4) is 11.4 Å². The van der Waals surface area contributed by atoms with Crippen molar-refractivity contribution in [2.75, 3.05) is 11.9 Å². The van der Waals surface area contributed by atoms with Gasteiger partial charge in [0, 0.05) is 48.2 Å². The van der Waals surface area contributed by atoms with E-state index in [1.165, 1.54) is 12.1 Å². The molecule has 1 aromatic heterocycles. The fraction of sp³-hybridized carbons (Fsp3) is 0.259. The number of aromatic nitrogens is 2. The van der Waals surface area contributed by atoms with Crippen molar-refractivity contribution in [1.29, 1.82) is 0 Å². The number of halogens is 1. The summed E-state index contributed by atoms with van der Waals surface area (Å²) in [5.41, 5.74) is 6.49. The molecule has 3 aromatic carbocycles. The maximum atomic E-state index is 14.0.